The Morgan fingerprint density at radius 1 is 1.28 bits per heavy atom. The van der Waals surface area contributed by atoms with Crippen molar-refractivity contribution in [2.75, 3.05) is 0 Å². The summed E-state index contributed by atoms with van der Waals surface area (Å²) in [7, 11) is 0. The molecule has 1 aromatic rings. The van der Waals surface area contributed by atoms with Crippen LogP contribution in [0.15, 0.2) is 24.3 Å². The van der Waals surface area contributed by atoms with Crippen molar-refractivity contribution in [3.05, 3.63) is 35.4 Å². The molecule has 2 rings (SSSR count). The molecule has 4 nitrogen and oxygen atoms in total. The van der Waals surface area contributed by atoms with Crippen molar-refractivity contribution in [1.82, 2.24) is 4.90 Å². The SMILES string of the molecule is CC(O)CC(C)N1C(=O)Cc2ccccc2C1=O. The molecule has 0 saturated heterocycles. The van der Waals surface area contributed by atoms with Crippen LogP contribution in [0, 0.1) is 0 Å². The summed E-state index contributed by atoms with van der Waals surface area (Å²) in [5, 5.41) is 9.37. The zero-order chi connectivity index (χ0) is 13.3. The van der Waals surface area contributed by atoms with E-state index in [2.05, 4.69) is 0 Å². The highest BCUT2D eigenvalue weighted by Gasteiger charge is 2.34. The third kappa shape index (κ3) is 2.29. The van der Waals surface area contributed by atoms with Gasteiger partial charge in [0.1, 0.15) is 0 Å². The number of nitrogens with zero attached hydrogens (tertiary/aromatic N) is 1. The monoisotopic (exact) mass is 247 g/mol. The highest BCUT2D eigenvalue weighted by molar-refractivity contribution is 6.09. The number of fused-ring (bicyclic) bond motifs is 1. The van der Waals surface area contributed by atoms with Crippen LogP contribution in [0.25, 0.3) is 0 Å². The Bertz CT molecular complexity index is 482. The van der Waals surface area contributed by atoms with Crippen LogP contribution < -0.4 is 0 Å². The lowest BCUT2D eigenvalue weighted by Gasteiger charge is -2.32. The van der Waals surface area contributed by atoms with Crippen molar-refractivity contribution >= 4 is 11.8 Å². The predicted octanol–water partition coefficient (Wildman–Crippen LogP) is 1.37. The molecule has 0 bridgehead atoms. The molecule has 1 aromatic carbocycles. The third-order valence-electron chi connectivity index (χ3n) is 3.20. The summed E-state index contributed by atoms with van der Waals surface area (Å²) in [6, 6.07) is 6.89. The Morgan fingerprint density at radius 3 is 2.61 bits per heavy atom. The highest BCUT2D eigenvalue weighted by atomic mass is 16.3. The lowest BCUT2D eigenvalue weighted by Crippen LogP contribution is -2.48. The second-order valence-corrected chi connectivity index (χ2v) is 4.84. The zero-order valence-electron chi connectivity index (χ0n) is 10.6. The van der Waals surface area contributed by atoms with Crippen LogP contribution in [-0.2, 0) is 11.2 Å². The summed E-state index contributed by atoms with van der Waals surface area (Å²) >= 11 is 0. The molecule has 1 N–H and O–H groups in total. The van der Waals surface area contributed by atoms with Crippen LogP contribution in [-0.4, -0.2) is 34.0 Å². The van der Waals surface area contributed by atoms with Crippen molar-refractivity contribution in [1.29, 1.82) is 0 Å². The fraction of sp³-hybridized carbons (Fsp3) is 0.429. The number of benzene rings is 1. The van der Waals surface area contributed by atoms with Gasteiger partial charge in [0, 0.05) is 11.6 Å². The molecular formula is C14H17NO3. The minimum atomic E-state index is -0.530. The number of amides is 2. The smallest absolute Gasteiger partial charge is 0.261 e. The quantitative estimate of drug-likeness (QED) is 0.821. The van der Waals surface area contributed by atoms with Crippen LogP contribution in [0.3, 0.4) is 0 Å². The van der Waals surface area contributed by atoms with E-state index < -0.39 is 6.10 Å². The van der Waals surface area contributed by atoms with Gasteiger partial charge in [0.15, 0.2) is 0 Å². The molecular weight excluding hydrogens is 230 g/mol. The molecule has 2 atom stereocenters. The summed E-state index contributed by atoms with van der Waals surface area (Å²) in [5.41, 5.74) is 1.38. The predicted molar refractivity (Wildman–Crippen MR) is 67.1 cm³/mol. The van der Waals surface area contributed by atoms with E-state index in [-0.39, 0.29) is 24.3 Å². The van der Waals surface area contributed by atoms with E-state index in [1.165, 1.54) is 4.90 Å². The molecule has 18 heavy (non-hydrogen) atoms. The van der Waals surface area contributed by atoms with Gasteiger partial charge in [0.05, 0.1) is 12.5 Å². The van der Waals surface area contributed by atoms with Gasteiger partial charge in [-0.15, -0.1) is 0 Å². The molecule has 1 heterocycles. The maximum atomic E-state index is 12.3. The van der Waals surface area contributed by atoms with Crippen molar-refractivity contribution in [2.24, 2.45) is 0 Å². The number of aliphatic hydroxyl groups excluding tert-OH is 1. The van der Waals surface area contributed by atoms with Gasteiger partial charge in [-0.25, -0.2) is 0 Å². The maximum Gasteiger partial charge on any atom is 0.261 e. The summed E-state index contributed by atoms with van der Waals surface area (Å²) in [5.74, 6) is -0.443. The van der Waals surface area contributed by atoms with E-state index >= 15 is 0 Å². The van der Waals surface area contributed by atoms with Gasteiger partial charge >= 0.3 is 0 Å². The summed E-state index contributed by atoms with van der Waals surface area (Å²) in [6.45, 7) is 3.44. The average Bonchev–Trinajstić information content (AvgIpc) is 2.27. The first-order valence-corrected chi connectivity index (χ1v) is 6.13. The standard InChI is InChI=1S/C14H17NO3/c1-9(7-10(2)16)15-13(17)8-11-5-3-4-6-12(11)14(15)18/h3-6,9-10,16H,7-8H2,1-2H3. The van der Waals surface area contributed by atoms with Crippen LogP contribution in [0.5, 0.6) is 0 Å². The van der Waals surface area contributed by atoms with Gasteiger partial charge in [-0.3, -0.25) is 14.5 Å². The molecule has 0 fully saturated rings. The largest absolute Gasteiger partial charge is 0.393 e. The normalized spacial score (nSPS) is 18.5. The molecule has 2 amide bonds. The summed E-state index contributed by atoms with van der Waals surface area (Å²) < 4.78 is 0. The second kappa shape index (κ2) is 4.90. The van der Waals surface area contributed by atoms with E-state index in [9.17, 15) is 14.7 Å². The topological polar surface area (TPSA) is 57.6 Å². The van der Waals surface area contributed by atoms with Gasteiger partial charge < -0.3 is 5.11 Å². The minimum Gasteiger partial charge on any atom is -0.393 e. The van der Waals surface area contributed by atoms with Crippen molar-refractivity contribution < 1.29 is 14.7 Å². The Labute approximate surface area is 106 Å². The van der Waals surface area contributed by atoms with Crippen LogP contribution >= 0.6 is 0 Å². The zero-order valence-corrected chi connectivity index (χ0v) is 10.6. The van der Waals surface area contributed by atoms with Crippen LogP contribution in [0.2, 0.25) is 0 Å². The summed E-state index contributed by atoms with van der Waals surface area (Å²) in [6.07, 6.45) is 0.129. The summed E-state index contributed by atoms with van der Waals surface area (Å²) in [4.78, 5) is 25.6. The second-order valence-electron chi connectivity index (χ2n) is 4.84. The molecule has 0 spiro atoms. The van der Waals surface area contributed by atoms with Gasteiger partial charge in [0.25, 0.3) is 5.91 Å². The number of hydrogen-bond donors (Lipinski definition) is 1. The van der Waals surface area contributed by atoms with E-state index in [1.807, 2.05) is 12.1 Å². The number of rotatable bonds is 3. The first kappa shape index (κ1) is 12.8. The average molecular weight is 247 g/mol. The Kier molecular flexibility index (Phi) is 3.48. The molecule has 0 radical (unpaired) electrons. The first-order chi connectivity index (χ1) is 8.50. The van der Waals surface area contributed by atoms with Gasteiger partial charge in [0.2, 0.25) is 5.91 Å². The number of hydrogen-bond acceptors (Lipinski definition) is 3. The highest BCUT2D eigenvalue weighted by Crippen LogP contribution is 2.22. The van der Waals surface area contributed by atoms with Crippen molar-refractivity contribution in [3.8, 4) is 0 Å². The minimum absolute atomic E-state index is 0.188. The maximum absolute atomic E-state index is 12.3. The molecule has 2 unspecified atom stereocenters. The third-order valence-corrected chi connectivity index (χ3v) is 3.20. The lowest BCUT2D eigenvalue weighted by molar-refractivity contribution is -0.130. The Balaban J connectivity index is 2.29. The molecule has 0 aliphatic carbocycles. The van der Waals surface area contributed by atoms with Gasteiger partial charge in [-0.1, -0.05) is 18.2 Å². The van der Waals surface area contributed by atoms with Crippen LogP contribution in [0.4, 0.5) is 0 Å². The molecule has 1 aliphatic rings. The lowest BCUT2D eigenvalue weighted by atomic mass is 9.96. The number of aliphatic hydroxyl groups is 1. The van der Waals surface area contributed by atoms with E-state index in [0.717, 1.165) is 5.56 Å². The number of carbonyl (C=O) groups is 2. The molecule has 4 heteroatoms. The van der Waals surface area contributed by atoms with E-state index in [1.54, 1.807) is 26.0 Å². The molecule has 0 saturated carbocycles. The van der Waals surface area contributed by atoms with E-state index in [0.29, 0.717) is 12.0 Å². The first-order valence-electron chi connectivity index (χ1n) is 6.13. The Hall–Kier alpha value is -1.68. The van der Waals surface area contributed by atoms with Gasteiger partial charge in [-0.2, -0.15) is 0 Å². The fourth-order valence-electron chi connectivity index (χ4n) is 2.42. The Morgan fingerprint density at radius 2 is 1.94 bits per heavy atom. The number of carbonyl (C=O) groups excluding carboxylic acids is 2. The fourth-order valence-corrected chi connectivity index (χ4v) is 2.42. The van der Waals surface area contributed by atoms with Crippen molar-refractivity contribution in [2.45, 2.75) is 38.8 Å². The molecule has 0 aromatic heterocycles. The van der Waals surface area contributed by atoms with Crippen molar-refractivity contribution in [3.63, 3.8) is 0 Å². The molecule has 1 aliphatic heterocycles. The van der Waals surface area contributed by atoms with E-state index in [4.69, 9.17) is 0 Å². The number of imide groups is 1. The van der Waals surface area contributed by atoms with Crippen LogP contribution in [0.1, 0.15) is 36.2 Å². The molecule has 96 valence electrons. The van der Waals surface area contributed by atoms with Gasteiger partial charge in [-0.05, 0) is 31.9 Å².